The zero-order valence-electron chi connectivity index (χ0n) is 15.7. The number of para-hydroxylation sites is 1. The number of benzene rings is 2. The first-order valence-electron chi connectivity index (χ1n) is 9.16. The zero-order valence-corrected chi connectivity index (χ0v) is 15.7. The van der Waals surface area contributed by atoms with Crippen LogP contribution in [0.5, 0.6) is 5.75 Å². The Balaban J connectivity index is 1.56. The highest BCUT2D eigenvalue weighted by atomic mass is 19.4. The van der Waals surface area contributed by atoms with Crippen LogP contribution in [0.2, 0.25) is 0 Å². The fourth-order valence-electron chi connectivity index (χ4n) is 3.37. The van der Waals surface area contributed by atoms with Gasteiger partial charge in [-0.15, -0.1) is 13.2 Å². The lowest BCUT2D eigenvalue weighted by Crippen LogP contribution is -2.31. The molecule has 0 radical (unpaired) electrons. The predicted octanol–water partition coefficient (Wildman–Crippen LogP) is 4.99. The molecule has 0 aliphatic carbocycles. The van der Waals surface area contributed by atoms with E-state index >= 15 is 0 Å². The van der Waals surface area contributed by atoms with E-state index in [-0.39, 0.29) is 5.75 Å². The maximum atomic E-state index is 12.5. The van der Waals surface area contributed by atoms with Crippen LogP contribution in [0.3, 0.4) is 0 Å². The second kappa shape index (κ2) is 7.62. The average molecular weight is 400 g/mol. The number of hydrogen-bond donors (Lipinski definition) is 1. The monoisotopic (exact) mass is 400 g/mol. The van der Waals surface area contributed by atoms with E-state index in [4.69, 9.17) is 0 Å². The molecule has 1 aliphatic rings. The number of hydrogen-bond acceptors (Lipinski definition) is 5. The van der Waals surface area contributed by atoms with Crippen molar-refractivity contribution in [3.63, 3.8) is 0 Å². The molecule has 150 valence electrons. The van der Waals surface area contributed by atoms with E-state index in [0.717, 1.165) is 22.6 Å². The van der Waals surface area contributed by atoms with Gasteiger partial charge in [0.2, 0.25) is 0 Å². The second-order valence-electron chi connectivity index (χ2n) is 6.80. The van der Waals surface area contributed by atoms with Crippen molar-refractivity contribution in [3.05, 3.63) is 71.5 Å². The lowest BCUT2D eigenvalue weighted by atomic mass is 9.99. The van der Waals surface area contributed by atoms with E-state index in [1.807, 2.05) is 48.2 Å². The van der Waals surface area contributed by atoms with E-state index in [1.165, 1.54) is 12.1 Å². The number of nitrogens with zero attached hydrogens (tertiary/aromatic N) is 3. The van der Waals surface area contributed by atoms with Crippen LogP contribution in [0, 0.1) is 6.92 Å². The van der Waals surface area contributed by atoms with Crippen LogP contribution in [0.25, 0.3) is 0 Å². The van der Waals surface area contributed by atoms with Gasteiger partial charge >= 0.3 is 6.36 Å². The molecule has 1 aromatic heterocycles. The van der Waals surface area contributed by atoms with Crippen molar-refractivity contribution in [2.45, 2.75) is 26.3 Å². The highest BCUT2D eigenvalue weighted by Gasteiger charge is 2.31. The van der Waals surface area contributed by atoms with Crippen LogP contribution in [-0.4, -0.2) is 22.9 Å². The van der Waals surface area contributed by atoms with Crippen LogP contribution in [0.1, 0.15) is 17.0 Å². The summed E-state index contributed by atoms with van der Waals surface area (Å²) in [5.74, 6) is 1.80. The van der Waals surface area contributed by atoms with Gasteiger partial charge in [0, 0.05) is 24.8 Å². The minimum absolute atomic E-state index is 0.205. The number of anilines is 3. The van der Waals surface area contributed by atoms with Gasteiger partial charge in [-0.25, -0.2) is 9.97 Å². The molecule has 1 N–H and O–H groups in total. The molecule has 29 heavy (non-hydrogen) atoms. The summed E-state index contributed by atoms with van der Waals surface area (Å²) in [6, 6.07) is 16.0. The maximum absolute atomic E-state index is 12.5. The maximum Gasteiger partial charge on any atom is 0.573 e. The standard InChI is InChI=1S/C21H19F3N4O/c1-14-25-19(27-17-5-3-2-4-6-17)12-20(26-14)28-10-9-15-7-8-18(11-16(15)13-28)29-21(22,23)24/h2-8,11-12H,9-10,13H2,1H3,(H,25,26,27). The molecule has 0 saturated carbocycles. The summed E-state index contributed by atoms with van der Waals surface area (Å²) in [5.41, 5.74) is 2.73. The molecule has 3 aromatic rings. The first-order valence-corrected chi connectivity index (χ1v) is 9.16. The molecule has 0 saturated heterocycles. The van der Waals surface area contributed by atoms with Crippen molar-refractivity contribution in [1.29, 1.82) is 0 Å². The van der Waals surface area contributed by atoms with E-state index in [0.29, 0.717) is 31.2 Å². The van der Waals surface area contributed by atoms with Gasteiger partial charge in [-0.2, -0.15) is 0 Å². The molecule has 0 atom stereocenters. The Morgan fingerprint density at radius 1 is 1.00 bits per heavy atom. The summed E-state index contributed by atoms with van der Waals surface area (Å²) in [5, 5.41) is 3.26. The van der Waals surface area contributed by atoms with Crippen LogP contribution in [-0.2, 0) is 13.0 Å². The molecule has 1 aliphatic heterocycles. The van der Waals surface area contributed by atoms with Crippen LogP contribution < -0.4 is 15.0 Å². The summed E-state index contributed by atoms with van der Waals surface area (Å²) in [6.45, 7) is 2.98. The van der Waals surface area contributed by atoms with E-state index in [9.17, 15) is 13.2 Å². The average Bonchev–Trinajstić information content (AvgIpc) is 2.66. The molecule has 5 nitrogen and oxygen atoms in total. The third kappa shape index (κ3) is 4.77. The molecule has 0 fully saturated rings. The van der Waals surface area contributed by atoms with Crippen molar-refractivity contribution in [1.82, 2.24) is 9.97 Å². The number of ether oxygens (including phenoxy) is 1. The quantitative estimate of drug-likeness (QED) is 0.669. The number of nitrogens with one attached hydrogen (secondary N) is 1. The lowest BCUT2D eigenvalue weighted by molar-refractivity contribution is -0.274. The van der Waals surface area contributed by atoms with Crippen molar-refractivity contribution in [2.24, 2.45) is 0 Å². The number of fused-ring (bicyclic) bond motifs is 1. The summed E-state index contributed by atoms with van der Waals surface area (Å²) in [4.78, 5) is 11.0. The Labute approximate surface area is 166 Å². The molecular formula is C21H19F3N4O. The van der Waals surface area contributed by atoms with Crippen molar-refractivity contribution in [2.75, 3.05) is 16.8 Å². The van der Waals surface area contributed by atoms with Crippen molar-refractivity contribution < 1.29 is 17.9 Å². The zero-order chi connectivity index (χ0) is 20.4. The molecule has 2 heterocycles. The first kappa shape index (κ1) is 19.0. The molecule has 0 unspecified atom stereocenters. The Hall–Kier alpha value is -3.29. The molecule has 0 bridgehead atoms. The Kier molecular flexibility index (Phi) is 5.00. The SMILES string of the molecule is Cc1nc(Nc2ccccc2)cc(N2CCc3ccc(OC(F)(F)F)cc3C2)n1. The van der Waals surface area contributed by atoms with E-state index in [1.54, 1.807) is 6.07 Å². The number of aromatic nitrogens is 2. The van der Waals surface area contributed by atoms with Gasteiger partial charge in [-0.1, -0.05) is 24.3 Å². The Morgan fingerprint density at radius 2 is 1.79 bits per heavy atom. The lowest BCUT2D eigenvalue weighted by Gasteiger charge is -2.30. The molecular weight excluding hydrogens is 381 g/mol. The van der Waals surface area contributed by atoms with Crippen molar-refractivity contribution in [3.8, 4) is 5.75 Å². The van der Waals surface area contributed by atoms with Gasteiger partial charge in [-0.05, 0) is 48.7 Å². The summed E-state index contributed by atoms with van der Waals surface area (Å²) >= 11 is 0. The summed E-state index contributed by atoms with van der Waals surface area (Å²) in [7, 11) is 0. The van der Waals surface area contributed by atoms with E-state index in [2.05, 4.69) is 20.0 Å². The van der Waals surface area contributed by atoms with Gasteiger partial charge < -0.3 is 15.0 Å². The fourth-order valence-corrected chi connectivity index (χ4v) is 3.37. The highest BCUT2D eigenvalue weighted by molar-refractivity contribution is 5.60. The summed E-state index contributed by atoms with van der Waals surface area (Å²) in [6.07, 6.45) is -3.99. The molecule has 8 heteroatoms. The highest BCUT2D eigenvalue weighted by Crippen LogP contribution is 2.30. The third-order valence-corrected chi connectivity index (χ3v) is 4.62. The van der Waals surface area contributed by atoms with Crippen LogP contribution in [0.15, 0.2) is 54.6 Å². The second-order valence-corrected chi connectivity index (χ2v) is 6.80. The van der Waals surface area contributed by atoms with Crippen molar-refractivity contribution >= 4 is 17.3 Å². The Bertz CT molecular complexity index is 1010. The van der Waals surface area contributed by atoms with Gasteiger partial charge in [0.05, 0.1) is 0 Å². The smallest absolute Gasteiger partial charge is 0.406 e. The minimum atomic E-state index is -4.70. The van der Waals surface area contributed by atoms with E-state index < -0.39 is 6.36 Å². The predicted molar refractivity (Wildman–Crippen MR) is 104 cm³/mol. The van der Waals surface area contributed by atoms with Crippen LogP contribution in [0.4, 0.5) is 30.5 Å². The Morgan fingerprint density at radius 3 is 2.55 bits per heavy atom. The van der Waals surface area contributed by atoms with Gasteiger partial charge in [0.25, 0.3) is 0 Å². The van der Waals surface area contributed by atoms with Gasteiger partial charge in [0.1, 0.15) is 23.2 Å². The topological polar surface area (TPSA) is 50.3 Å². The third-order valence-electron chi connectivity index (χ3n) is 4.62. The largest absolute Gasteiger partial charge is 0.573 e. The van der Waals surface area contributed by atoms with Gasteiger partial charge in [0.15, 0.2) is 0 Å². The molecule has 4 rings (SSSR count). The number of aryl methyl sites for hydroxylation is 1. The van der Waals surface area contributed by atoms with Gasteiger partial charge in [-0.3, -0.25) is 0 Å². The minimum Gasteiger partial charge on any atom is -0.406 e. The van der Waals surface area contributed by atoms with Crippen LogP contribution >= 0.6 is 0 Å². The normalized spacial score (nSPS) is 13.7. The number of alkyl halides is 3. The molecule has 0 amide bonds. The summed E-state index contributed by atoms with van der Waals surface area (Å²) < 4.78 is 41.6. The molecule has 2 aromatic carbocycles. The number of rotatable bonds is 4. The number of halogens is 3. The molecule has 0 spiro atoms. The fraction of sp³-hybridized carbons (Fsp3) is 0.238. The first-order chi connectivity index (χ1) is 13.9.